The first-order chi connectivity index (χ1) is 9.89. The molecule has 124 valence electrons. The van der Waals surface area contributed by atoms with Gasteiger partial charge in [-0.1, -0.05) is 0 Å². The molecule has 7 N–H and O–H groups in total. The number of carbonyl (C=O) groups is 1. The van der Waals surface area contributed by atoms with Gasteiger partial charge in [-0.05, 0) is 17.7 Å². The zero-order valence-corrected chi connectivity index (χ0v) is 12.9. The Hall–Kier alpha value is -1.41. The van der Waals surface area contributed by atoms with Crippen molar-refractivity contribution in [1.82, 2.24) is 0 Å². The van der Waals surface area contributed by atoms with Crippen LogP contribution >= 0.6 is 15.2 Å². The standard InChI is InChI=1S/C10H15NO9P2/c12-9-2-1-8(11-3-10(13)14)6(4-21(15,16)17)7(9)5-22(18,19)20/h1-2,11-12H,3-5H2,(H,13,14)(H2,15,16,17)(H2,18,19,20). The van der Waals surface area contributed by atoms with Crippen LogP contribution in [0.2, 0.25) is 0 Å². The predicted octanol–water partition coefficient (Wildman–Crippen LogP) is 0.244. The molecule has 0 unspecified atom stereocenters. The van der Waals surface area contributed by atoms with E-state index in [2.05, 4.69) is 5.32 Å². The fraction of sp³-hybridized carbons (Fsp3) is 0.300. The zero-order chi connectivity index (χ0) is 17.1. The molecule has 0 amide bonds. The lowest BCUT2D eigenvalue weighted by Crippen LogP contribution is -2.14. The normalized spacial score (nSPS) is 12.2. The van der Waals surface area contributed by atoms with Crippen molar-refractivity contribution in [2.75, 3.05) is 11.9 Å². The number of nitrogens with one attached hydrogen (secondary N) is 1. The molecule has 0 saturated carbocycles. The van der Waals surface area contributed by atoms with Gasteiger partial charge in [0.2, 0.25) is 0 Å². The maximum absolute atomic E-state index is 11.2. The fourth-order valence-corrected chi connectivity index (χ4v) is 3.32. The van der Waals surface area contributed by atoms with Gasteiger partial charge >= 0.3 is 21.2 Å². The Bertz CT molecular complexity index is 663. The molecule has 0 spiro atoms. The van der Waals surface area contributed by atoms with Crippen LogP contribution in [-0.4, -0.2) is 42.3 Å². The van der Waals surface area contributed by atoms with Gasteiger partial charge in [0, 0.05) is 11.3 Å². The number of phenolic OH excluding ortho intramolecular Hbond substituents is 1. The molecule has 0 fully saturated rings. The number of rotatable bonds is 7. The lowest BCUT2D eigenvalue weighted by atomic mass is 10.1. The maximum atomic E-state index is 11.2. The molecule has 0 saturated heterocycles. The molecular weight excluding hydrogens is 340 g/mol. The highest BCUT2D eigenvalue weighted by Crippen LogP contribution is 2.48. The van der Waals surface area contributed by atoms with Crippen molar-refractivity contribution in [3.05, 3.63) is 23.3 Å². The highest BCUT2D eigenvalue weighted by atomic mass is 31.2. The SMILES string of the molecule is O=C(O)CNc1ccc(O)c(CP(=O)(O)O)c1CP(=O)(O)O. The summed E-state index contributed by atoms with van der Waals surface area (Å²) in [5.74, 6) is -1.79. The van der Waals surface area contributed by atoms with E-state index in [-0.39, 0.29) is 16.8 Å². The van der Waals surface area contributed by atoms with Crippen LogP contribution in [0.15, 0.2) is 12.1 Å². The summed E-state index contributed by atoms with van der Waals surface area (Å²) < 4.78 is 22.3. The van der Waals surface area contributed by atoms with E-state index in [1.165, 1.54) is 6.07 Å². The summed E-state index contributed by atoms with van der Waals surface area (Å²) in [6, 6.07) is 2.23. The van der Waals surface area contributed by atoms with Gasteiger partial charge in [-0.2, -0.15) is 0 Å². The molecule has 22 heavy (non-hydrogen) atoms. The molecule has 0 radical (unpaired) electrons. The number of hydrogen-bond acceptors (Lipinski definition) is 5. The van der Waals surface area contributed by atoms with Crippen molar-refractivity contribution < 1.29 is 43.7 Å². The van der Waals surface area contributed by atoms with E-state index in [1.807, 2.05) is 0 Å². The van der Waals surface area contributed by atoms with Gasteiger partial charge < -0.3 is 35.1 Å². The number of aromatic hydroxyl groups is 1. The van der Waals surface area contributed by atoms with Crippen LogP contribution in [0.1, 0.15) is 11.1 Å². The second-order valence-electron chi connectivity index (χ2n) is 4.48. The molecule has 1 rings (SSSR count). The van der Waals surface area contributed by atoms with Crippen molar-refractivity contribution in [3.63, 3.8) is 0 Å². The van der Waals surface area contributed by atoms with Gasteiger partial charge in [0.25, 0.3) is 0 Å². The molecule has 0 aromatic heterocycles. The van der Waals surface area contributed by atoms with E-state index < -0.39 is 45.8 Å². The third-order valence-electron chi connectivity index (χ3n) is 2.56. The van der Waals surface area contributed by atoms with Crippen LogP contribution < -0.4 is 5.32 Å². The molecule has 0 heterocycles. The van der Waals surface area contributed by atoms with Gasteiger partial charge in [0.05, 0.1) is 12.3 Å². The Labute approximate surface area is 124 Å². The molecule has 10 nitrogen and oxygen atoms in total. The topological polar surface area (TPSA) is 185 Å². The first kappa shape index (κ1) is 18.6. The summed E-state index contributed by atoms with van der Waals surface area (Å²) in [4.78, 5) is 46.8. The van der Waals surface area contributed by atoms with Gasteiger partial charge in [-0.15, -0.1) is 0 Å². The molecule has 1 aromatic carbocycles. The van der Waals surface area contributed by atoms with Gasteiger partial charge in [-0.25, -0.2) is 0 Å². The first-order valence-corrected chi connectivity index (χ1v) is 9.37. The van der Waals surface area contributed by atoms with E-state index in [0.29, 0.717) is 0 Å². The third-order valence-corrected chi connectivity index (χ3v) is 4.02. The minimum Gasteiger partial charge on any atom is -0.508 e. The highest BCUT2D eigenvalue weighted by molar-refractivity contribution is 7.51. The van der Waals surface area contributed by atoms with E-state index in [4.69, 9.17) is 24.7 Å². The monoisotopic (exact) mass is 355 g/mol. The van der Waals surface area contributed by atoms with Crippen LogP contribution in [-0.2, 0) is 26.2 Å². The van der Waals surface area contributed by atoms with Crippen molar-refractivity contribution in [1.29, 1.82) is 0 Å². The largest absolute Gasteiger partial charge is 0.508 e. The van der Waals surface area contributed by atoms with Crippen LogP contribution in [0.4, 0.5) is 5.69 Å². The summed E-state index contributed by atoms with van der Waals surface area (Å²) in [6.07, 6.45) is -1.84. The van der Waals surface area contributed by atoms with Crippen LogP contribution in [0.5, 0.6) is 5.75 Å². The quantitative estimate of drug-likeness (QED) is 0.264. The Kier molecular flexibility index (Phi) is 5.75. The van der Waals surface area contributed by atoms with Crippen molar-refractivity contribution in [2.45, 2.75) is 12.3 Å². The molecule has 12 heteroatoms. The summed E-state index contributed by atoms with van der Waals surface area (Å²) in [7, 11) is -9.25. The number of carboxylic acids is 1. The minimum atomic E-state index is -4.63. The van der Waals surface area contributed by atoms with E-state index in [9.17, 15) is 19.0 Å². The van der Waals surface area contributed by atoms with Gasteiger partial charge in [0.15, 0.2) is 0 Å². The Morgan fingerprint density at radius 2 is 1.50 bits per heavy atom. The van der Waals surface area contributed by atoms with Crippen LogP contribution in [0.25, 0.3) is 0 Å². The average molecular weight is 355 g/mol. The van der Waals surface area contributed by atoms with Gasteiger partial charge in [0.1, 0.15) is 12.3 Å². The smallest absolute Gasteiger partial charge is 0.330 e. The average Bonchev–Trinajstić information content (AvgIpc) is 2.29. The van der Waals surface area contributed by atoms with Crippen LogP contribution in [0.3, 0.4) is 0 Å². The molecular formula is C10H15NO9P2. The van der Waals surface area contributed by atoms with Crippen LogP contribution in [0, 0.1) is 0 Å². The molecule has 0 aliphatic carbocycles. The summed E-state index contributed by atoms with van der Waals surface area (Å²) >= 11 is 0. The zero-order valence-electron chi connectivity index (χ0n) is 11.1. The van der Waals surface area contributed by atoms with Crippen molar-refractivity contribution >= 4 is 26.8 Å². The number of anilines is 1. The summed E-state index contributed by atoms with van der Waals surface area (Å²) in [6.45, 7) is -0.575. The minimum absolute atomic E-state index is 0.0352. The first-order valence-electron chi connectivity index (χ1n) is 5.77. The number of phenols is 1. The summed E-state index contributed by atoms with van der Waals surface area (Å²) in [5, 5.41) is 20.7. The molecule has 0 aliphatic rings. The number of hydrogen-bond donors (Lipinski definition) is 7. The lowest BCUT2D eigenvalue weighted by molar-refractivity contribution is -0.134. The summed E-state index contributed by atoms with van der Waals surface area (Å²) in [5.41, 5.74) is -0.614. The van der Waals surface area contributed by atoms with E-state index >= 15 is 0 Å². The maximum Gasteiger partial charge on any atom is 0.330 e. The molecule has 0 bridgehead atoms. The van der Waals surface area contributed by atoms with E-state index in [0.717, 1.165) is 6.07 Å². The molecule has 0 atom stereocenters. The lowest BCUT2D eigenvalue weighted by Gasteiger charge is -2.18. The van der Waals surface area contributed by atoms with Crippen molar-refractivity contribution in [3.8, 4) is 5.75 Å². The molecule has 0 aliphatic heterocycles. The second kappa shape index (κ2) is 6.78. The second-order valence-corrected chi connectivity index (χ2v) is 7.77. The van der Waals surface area contributed by atoms with Crippen molar-refractivity contribution in [2.24, 2.45) is 0 Å². The fourth-order valence-electron chi connectivity index (χ4n) is 1.79. The highest BCUT2D eigenvalue weighted by Gasteiger charge is 2.26. The third kappa shape index (κ3) is 6.15. The number of aliphatic carboxylic acids is 1. The predicted molar refractivity (Wildman–Crippen MR) is 75.7 cm³/mol. The molecule has 1 aromatic rings. The number of carboxylic acid groups (broad SMARTS) is 1. The Balaban J connectivity index is 3.38. The number of benzene rings is 1. The Morgan fingerprint density at radius 1 is 1.00 bits per heavy atom. The Morgan fingerprint density at radius 3 is 1.95 bits per heavy atom. The van der Waals surface area contributed by atoms with Gasteiger partial charge in [-0.3, -0.25) is 13.9 Å². The van der Waals surface area contributed by atoms with E-state index in [1.54, 1.807) is 0 Å².